The minimum absolute atomic E-state index is 0.131. The summed E-state index contributed by atoms with van der Waals surface area (Å²) >= 11 is 7.24. The number of hydrogen-bond acceptors (Lipinski definition) is 5. The van der Waals surface area contributed by atoms with Crippen LogP contribution in [0.5, 0.6) is 0 Å². The van der Waals surface area contributed by atoms with E-state index in [4.69, 9.17) is 17.0 Å². The lowest BCUT2D eigenvalue weighted by Crippen LogP contribution is -2.50. The van der Waals surface area contributed by atoms with E-state index < -0.39 is 10.0 Å². The quantitative estimate of drug-likeness (QED) is 0.388. The normalized spacial score (nSPS) is 15.0. The van der Waals surface area contributed by atoms with Crippen molar-refractivity contribution in [3.05, 3.63) is 64.7 Å². The Kier molecular flexibility index (Phi) is 7.28. The average Bonchev–Trinajstić information content (AvgIpc) is 3.27. The van der Waals surface area contributed by atoms with Gasteiger partial charge in [0.05, 0.1) is 0 Å². The standard InChI is InChI=1S/C24H27ClN4O3S2/c1-3-10-27(2)23(26)17-4-6-18(7-5-17)24(30)28-11-13-29(14-12-28)34(31,32)22-15-19-8-9-20(25)16-21(19)33-22/h4-9,15-16,26H,3,10-14H2,1-2H3. The fourth-order valence-corrected chi connectivity index (χ4v) is 7.24. The first kappa shape index (κ1) is 24.7. The van der Waals surface area contributed by atoms with Crippen molar-refractivity contribution >= 4 is 54.8 Å². The third kappa shape index (κ3) is 4.98. The largest absolute Gasteiger partial charge is 0.360 e. The van der Waals surface area contributed by atoms with Gasteiger partial charge in [0.15, 0.2) is 0 Å². The van der Waals surface area contributed by atoms with Crippen molar-refractivity contribution in [3.63, 3.8) is 0 Å². The van der Waals surface area contributed by atoms with Crippen molar-refractivity contribution in [2.45, 2.75) is 17.6 Å². The lowest BCUT2D eigenvalue weighted by molar-refractivity contribution is 0.0698. The summed E-state index contributed by atoms with van der Waals surface area (Å²) in [5.74, 6) is 0.289. The minimum atomic E-state index is -3.64. The van der Waals surface area contributed by atoms with Crippen LogP contribution in [-0.4, -0.2) is 74.0 Å². The molecule has 4 rings (SSSR count). The van der Waals surface area contributed by atoms with Gasteiger partial charge >= 0.3 is 0 Å². The Labute approximate surface area is 209 Å². The van der Waals surface area contributed by atoms with E-state index in [1.807, 2.05) is 18.0 Å². The predicted molar refractivity (Wildman–Crippen MR) is 138 cm³/mol. The molecule has 1 aliphatic heterocycles. The summed E-state index contributed by atoms with van der Waals surface area (Å²) in [5, 5.41) is 9.69. The molecular weight excluding hydrogens is 492 g/mol. The van der Waals surface area contributed by atoms with Gasteiger partial charge in [-0.2, -0.15) is 4.31 Å². The molecule has 180 valence electrons. The van der Waals surface area contributed by atoms with Crippen LogP contribution in [0.25, 0.3) is 10.1 Å². The second-order valence-corrected chi connectivity index (χ2v) is 12.0. The fraction of sp³-hybridized carbons (Fsp3) is 0.333. The lowest BCUT2D eigenvalue weighted by Gasteiger charge is -2.33. The summed E-state index contributed by atoms with van der Waals surface area (Å²) in [7, 11) is -1.75. The molecule has 0 atom stereocenters. The number of nitrogens with one attached hydrogen (secondary N) is 1. The van der Waals surface area contributed by atoms with Crippen LogP contribution in [0.3, 0.4) is 0 Å². The predicted octanol–water partition coefficient (Wildman–Crippen LogP) is 4.37. The lowest BCUT2D eigenvalue weighted by atomic mass is 10.1. The van der Waals surface area contributed by atoms with Gasteiger partial charge in [-0.05, 0) is 42.1 Å². The van der Waals surface area contributed by atoms with Crippen molar-refractivity contribution in [1.29, 1.82) is 5.41 Å². The highest BCUT2D eigenvalue weighted by Crippen LogP contribution is 2.33. The van der Waals surface area contributed by atoms with E-state index >= 15 is 0 Å². The zero-order chi connectivity index (χ0) is 24.5. The topological polar surface area (TPSA) is 84.8 Å². The van der Waals surface area contributed by atoms with Crippen molar-refractivity contribution in [2.24, 2.45) is 0 Å². The van der Waals surface area contributed by atoms with Crippen LogP contribution in [-0.2, 0) is 10.0 Å². The van der Waals surface area contributed by atoms with Gasteiger partial charge in [-0.1, -0.05) is 36.7 Å². The highest BCUT2D eigenvalue weighted by atomic mass is 35.5. The van der Waals surface area contributed by atoms with E-state index in [0.29, 0.717) is 29.5 Å². The van der Waals surface area contributed by atoms with E-state index in [2.05, 4.69) is 6.92 Å². The molecule has 0 saturated carbocycles. The molecule has 34 heavy (non-hydrogen) atoms. The number of sulfonamides is 1. The van der Waals surface area contributed by atoms with E-state index in [1.165, 1.54) is 15.6 Å². The molecule has 0 spiro atoms. The SMILES string of the molecule is CCCN(C)C(=N)c1ccc(C(=O)N2CCN(S(=O)(=O)c3cc4ccc(Cl)cc4s3)CC2)cc1. The molecule has 2 aromatic carbocycles. The molecule has 1 aromatic heterocycles. The Bertz CT molecular complexity index is 1310. The molecule has 7 nitrogen and oxygen atoms in total. The third-order valence-electron chi connectivity index (χ3n) is 5.93. The Morgan fingerprint density at radius 1 is 1.06 bits per heavy atom. The number of amidine groups is 1. The molecule has 0 aliphatic carbocycles. The Hall–Kier alpha value is -2.46. The first-order valence-electron chi connectivity index (χ1n) is 11.1. The van der Waals surface area contributed by atoms with Gasteiger partial charge in [0.25, 0.3) is 15.9 Å². The molecule has 2 heterocycles. The molecule has 1 fully saturated rings. The number of amides is 1. The number of piperazine rings is 1. The van der Waals surface area contributed by atoms with Crippen LogP contribution in [0.2, 0.25) is 5.02 Å². The van der Waals surface area contributed by atoms with Crippen molar-refractivity contribution in [2.75, 3.05) is 39.8 Å². The summed E-state index contributed by atoms with van der Waals surface area (Å²) in [4.78, 5) is 16.5. The van der Waals surface area contributed by atoms with Gasteiger partial charge in [0.1, 0.15) is 10.0 Å². The molecule has 10 heteroatoms. The summed E-state index contributed by atoms with van der Waals surface area (Å²) in [6, 6.07) is 14.1. The number of hydrogen-bond donors (Lipinski definition) is 1. The van der Waals surface area contributed by atoms with Crippen molar-refractivity contribution in [3.8, 4) is 0 Å². The van der Waals surface area contributed by atoms with E-state index in [1.54, 1.807) is 47.4 Å². The van der Waals surface area contributed by atoms with Crippen molar-refractivity contribution < 1.29 is 13.2 Å². The highest BCUT2D eigenvalue weighted by Gasteiger charge is 2.31. The van der Waals surface area contributed by atoms with E-state index in [9.17, 15) is 13.2 Å². The maximum Gasteiger partial charge on any atom is 0.253 e. The molecule has 0 unspecified atom stereocenters. The number of benzene rings is 2. The van der Waals surface area contributed by atoms with E-state index in [0.717, 1.165) is 28.6 Å². The number of nitrogens with zero attached hydrogens (tertiary/aromatic N) is 3. The van der Waals surface area contributed by atoms with Crippen LogP contribution < -0.4 is 0 Å². The molecule has 1 amide bonds. The molecule has 1 aliphatic rings. The third-order valence-corrected chi connectivity index (χ3v) is 9.61. The minimum Gasteiger partial charge on any atom is -0.360 e. The van der Waals surface area contributed by atoms with Gasteiger partial charge in [-0.3, -0.25) is 10.2 Å². The first-order chi connectivity index (χ1) is 16.2. The van der Waals surface area contributed by atoms with Crippen molar-refractivity contribution in [1.82, 2.24) is 14.1 Å². The number of carbonyl (C=O) groups excluding carboxylic acids is 1. The zero-order valence-electron chi connectivity index (χ0n) is 19.1. The summed E-state index contributed by atoms with van der Waals surface area (Å²) in [6.45, 7) is 4.00. The summed E-state index contributed by atoms with van der Waals surface area (Å²) < 4.78 is 28.9. The molecule has 0 radical (unpaired) electrons. The second-order valence-electron chi connectivity index (χ2n) is 8.29. The number of thiophene rings is 1. The maximum absolute atomic E-state index is 13.2. The number of carbonyl (C=O) groups is 1. The molecule has 0 bridgehead atoms. The molecule has 1 N–H and O–H groups in total. The van der Waals surface area contributed by atoms with Gasteiger partial charge < -0.3 is 9.80 Å². The Morgan fingerprint density at radius 2 is 1.71 bits per heavy atom. The van der Waals surface area contributed by atoms with Crippen LogP contribution in [0, 0.1) is 5.41 Å². The van der Waals surface area contributed by atoms with Crippen LogP contribution in [0.1, 0.15) is 29.3 Å². The van der Waals surface area contributed by atoms with Gasteiger partial charge in [0, 0.05) is 60.6 Å². The van der Waals surface area contributed by atoms with Crippen LogP contribution >= 0.6 is 22.9 Å². The summed E-state index contributed by atoms with van der Waals surface area (Å²) in [5.41, 5.74) is 1.29. The number of fused-ring (bicyclic) bond motifs is 1. The average molecular weight is 519 g/mol. The fourth-order valence-electron chi connectivity index (χ4n) is 3.99. The number of rotatable bonds is 6. The Balaban J connectivity index is 1.40. The van der Waals surface area contributed by atoms with Gasteiger partial charge in [-0.25, -0.2) is 8.42 Å². The Morgan fingerprint density at radius 3 is 2.35 bits per heavy atom. The molecular formula is C24H27ClN4O3S2. The highest BCUT2D eigenvalue weighted by molar-refractivity contribution is 7.91. The van der Waals surface area contributed by atoms with Crippen LogP contribution in [0.15, 0.2) is 52.7 Å². The molecule has 3 aromatic rings. The van der Waals surface area contributed by atoms with Crippen LogP contribution in [0.4, 0.5) is 0 Å². The van der Waals surface area contributed by atoms with Gasteiger partial charge in [0.2, 0.25) is 0 Å². The smallest absolute Gasteiger partial charge is 0.253 e. The monoisotopic (exact) mass is 518 g/mol. The van der Waals surface area contributed by atoms with E-state index in [-0.39, 0.29) is 23.2 Å². The summed E-state index contributed by atoms with van der Waals surface area (Å²) in [6.07, 6.45) is 0.953. The zero-order valence-corrected chi connectivity index (χ0v) is 21.5. The second kappa shape index (κ2) is 10.0. The molecule has 1 saturated heterocycles. The first-order valence-corrected chi connectivity index (χ1v) is 13.7. The van der Waals surface area contributed by atoms with Gasteiger partial charge in [-0.15, -0.1) is 11.3 Å². The maximum atomic E-state index is 13.2. The number of halogens is 1.